The highest BCUT2D eigenvalue weighted by Gasteiger charge is 2.38. The predicted molar refractivity (Wildman–Crippen MR) is 151 cm³/mol. The lowest BCUT2D eigenvalue weighted by Gasteiger charge is -2.46. The molecule has 6 heteroatoms. The van der Waals surface area contributed by atoms with E-state index in [1.54, 1.807) is 0 Å². The smallest absolute Gasteiger partial charge is 0.408 e. The molecule has 1 unspecified atom stereocenters. The molecule has 0 spiro atoms. The molecule has 2 amide bonds. The summed E-state index contributed by atoms with van der Waals surface area (Å²) in [6.45, 7) is 2.32. The summed E-state index contributed by atoms with van der Waals surface area (Å²) < 4.78 is 5.40. The minimum absolute atomic E-state index is 0.0563. The summed E-state index contributed by atoms with van der Waals surface area (Å²) in [5, 5.41) is 6.01. The van der Waals surface area contributed by atoms with Crippen LogP contribution in [0.3, 0.4) is 0 Å². The van der Waals surface area contributed by atoms with Crippen LogP contribution < -0.4 is 10.6 Å². The van der Waals surface area contributed by atoms with E-state index in [-0.39, 0.29) is 24.1 Å². The molecule has 3 aromatic carbocycles. The van der Waals surface area contributed by atoms with Crippen LogP contribution in [0.2, 0.25) is 0 Å². The quantitative estimate of drug-likeness (QED) is 0.393. The Morgan fingerprint density at radius 1 is 0.921 bits per heavy atom. The van der Waals surface area contributed by atoms with Crippen molar-refractivity contribution >= 4 is 12.0 Å². The number of carbonyl (C=O) groups excluding carboxylic acids is 2. The first kappa shape index (κ1) is 27.4. The molecule has 1 atom stereocenters. The number of benzene rings is 3. The predicted octanol–water partition coefficient (Wildman–Crippen LogP) is 5.56. The Morgan fingerprint density at radius 3 is 2.16 bits per heavy atom. The second-order valence-corrected chi connectivity index (χ2v) is 10.6. The second kappa shape index (κ2) is 12.7. The number of nitrogens with one attached hydrogen (secondary N) is 2. The third-order valence-electron chi connectivity index (χ3n) is 7.86. The summed E-state index contributed by atoms with van der Waals surface area (Å²) in [5.74, 6) is -0.214. The third-order valence-corrected chi connectivity index (χ3v) is 7.86. The topological polar surface area (TPSA) is 70.7 Å². The van der Waals surface area contributed by atoms with E-state index in [1.807, 2.05) is 60.7 Å². The standard InChI is InChI=1S/C32H39N3O3/c1-24-12-10-11-17-27(24)22-32(35(2)3)20-18-28(19-21-32)33-30(36)29(26-15-8-5-9-16-26)34-31(37)38-23-25-13-6-4-7-14-25/h4-17,28-29H,18-23H2,1-3H3,(H,33,36)(H,34,37). The highest BCUT2D eigenvalue weighted by atomic mass is 16.5. The molecule has 4 rings (SSSR count). The molecule has 1 aliphatic rings. The number of hydrogen-bond acceptors (Lipinski definition) is 4. The minimum Gasteiger partial charge on any atom is -0.445 e. The fourth-order valence-electron chi connectivity index (χ4n) is 5.36. The molecule has 6 nitrogen and oxygen atoms in total. The van der Waals surface area contributed by atoms with Crippen molar-refractivity contribution < 1.29 is 14.3 Å². The molecule has 38 heavy (non-hydrogen) atoms. The van der Waals surface area contributed by atoms with Gasteiger partial charge in [-0.2, -0.15) is 0 Å². The van der Waals surface area contributed by atoms with Crippen molar-refractivity contribution in [1.82, 2.24) is 15.5 Å². The normalized spacial score (nSPS) is 19.9. The molecule has 0 aliphatic heterocycles. The Balaban J connectivity index is 1.38. The van der Waals surface area contributed by atoms with Crippen LogP contribution in [0.25, 0.3) is 0 Å². The molecule has 2 N–H and O–H groups in total. The SMILES string of the molecule is Cc1ccccc1CC1(N(C)C)CCC(NC(=O)C(NC(=O)OCc2ccccc2)c2ccccc2)CC1. The molecule has 1 saturated carbocycles. The number of amides is 2. The summed E-state index contributed by atoms with van der Waals surface area (Å²) in [7, 11) is 4.32. The summed E-state index contributed by atoms with van der Waals surface area (Å²) in [6.07, 6.45) is 4.12. The number of nitrogens with zero attached hydrogens (tertiary/aromatic N) is 1. The molecule has 0 aromatic heterocycles. The van der Waals surface area contributed by atoms with E-state index in [4.69, 9.17) is 4.74 Å². The molecule has 3 aromatic rings. The lowest BCUT2D eigenvalue weighted by Crippen LogP contribution is -2.53. The van der Waals surface area contributed by atoms with Crippen LogP contribution in [0.1, 0.15) is 54.0 Å². The molecule has 0 saturated heterocycles. The molecule has 200 valence electrons. The third kappa shape index (κ3) is 7.01. The minimum atomic E-state index is -0.827. The van der Waals surface area contributed by atoms with Gasteiger partial charge < -0.3 is 20.3 Å². The molecule has 1 aliphatic carbocycles. The van der Waals surface area contributed by atoms with Crippen molar-refractivity contribution in [1.29, 1.82) is 0 Å². The number of rotatable bonds is 9. The maximum absolute atomic E-state index is 13.5. The monoisotopic (exact) mass is 513 g/mol. The maximum Gasteiger partial charge on any atom is 0.408 e. The van der Waals surface area contributed by atoms with Gasteiger partial charge in [0.15, 0.2) is 0 Å². The van der Waals surface area contributed by atoms with Crippen LogP contribution >= 0.6 is 0 Å². The van der Waals surface area contributed by atoms with E-state index >= 15 is 0 Å². The van der Waals surface area contributed by atoms with E-state index in [1.165, 1.54) is 11.1 Å². The van der Waals surface area contributed by atoms with Gasteiger partial charge in [0.25, 0.3) is 0 Å². The van der Waals surface area contributed by atoms with E-state index in [0.717, 1.165) is 43.2 Å². The zero-order valence-electron chi connectivity index (χ0n) is 22.7. The van der Waals surface area contributed by atoms with Crippen molar-refractivity contribution in [3.8, 4) is 0 Å². The van der Waals surface area contributed by atoms with Gasteiger partial charge >= 0.3 is 6.09 Å². The zero-order chi connectivity index (χ0) is 27.0. The first-order chi connectivity index (χ1) is 18.4. The Hall–Kier alpha value is -3.64. The number of carbonyl (C=O) groups is 2. The fraction of sp³-hybridized carbons (Fsp3) is 0.375. The molecule has 0 bridgehead atoms. The second-order valence-electron chi connectivity index (χ2n) is 10.6. The van der Waals surface area contributed by atoms with E-state index in [2.05, 4.69) is 60.8 Å². The summed E-state index contributed by atoms with van der Waals surface area (Å²) in [5.41, 5.74) is 4.37. The first-order valence-electron chi connectivity index (χ1n) is 13.4. The van der Waals surface area contributed by atoms with Crippen LogP contribution in [0.5, 0.6) is 0 Å². The van der Waals surface area contributed by atoms with Crippen molar-refractivity contribution in [3.05, 3.63) is 107 Å². The van der Waals surface area contributed by atoms with Crippen LogP contribution in [0.4, 0.5) is 4.79 Å². The average molecular weight is 514 g/mol. The number of alkyl carbamates (subject to hydrolysis) is 1. The Bertz CT molecular complexity index is 1190. The summed E-state index contributed by atoms with van der Waals surface area (Å²) in [6, 6.07) is 26.6. The van der Waals surface area contributed by atoms with E-state index in [0.29, 0.717) is 0 Å². The Morgan fingerprint density at radius 2 is 1.53 bits per heavy atom. The van der Waals surface area contributed by atoms with Crippen LogP contribution in [-0.4, -0.2) is 42.6 Å². The van der Waals surface area contributed by atoms with Crippen LogP contribution in [-0.2, 0) is 22.6 Å². The first-order valence-corrected chi connectivity index (χ1v) is 13.4. The summed E-state index contributed by atoms with van der Waals surface area (Å²) >= 11 is 0. The van der Waals surface area contributed by atoms with Gasteiger partial charge in [-0.15, -0.1) is 0 Å². The van der Waals surface area contributed by atoms with E-state index < -0.39 is 12.1 Å². The van der Waals surface area contributed by atoms with Crippen molar-refractivity contribution in [2.24, 2.45) is 0 Å². The van der Waals surface area contributed by atoms with Gasteiger partial charge in [-0.3, -0.25) is 4.79 Å². The van der Waals surface area contributed by atoms with Gasteiger partial charge in [-0.1, -0.05) is 84.9 Å². The molecule has 1 fully saturated rings. The van der Waals surface area contributed by atoms with Gasteiger partial charge in [0.2, 0.25) is 5.91 Å². The average Bonchev–Trinajstić information content (AvgIpc) is 2.94. The van der Waals surface area contributed by atoms with Crippen molar-refractivity contribution in [2.75, 3.05) is 14.1 Å². The van der Waals surface area contributed by atoms with Gasteiger partial charge in [0.05, 0.1) is 0 Å². The number of ether oxygens (including phenoxy) is 1. The lowest BCUT2D eigenvalue weighted by molar-refractivity contribution is -0.124. The van der Waals surface area contributed by atoms with Crippen molar-refractivity contribution in [2.45, 2.75) is 63.3 Å². The number of likely N-dealkylation sites (N-methyl/N-ethyl adjacent to an activating group) is 1. The Labute approximate surface area is 226 Å². The highest BCUT2D eigenvalue weighted by molar-refractivity contribution is 5.87. The molecular weight excluding hydrogens is 474 g/mol. The number of aryl methyl sites for hydroxylation is 1. The maximum atomic E-state index is 13.5. The molecule has 0 radical (unpaired) electrons. The number of hydrogen-bond donors (Lipinski definition) is 2. The summed E-state index contributed by atoms with van der Waals surface area (Å²) in [4.78, 5) is 28.5. The van der Waals surface area contributed by atoms with Crippen molar-refractivity contribution in [3.63, 3.8) is 0 Å². The van der Waals surface area contributed by atoms with E-state index in [9.17, 15) is 9.59 Å². The van der Waals surface area contributed by atoms with Gasteiger partial charge in [-0.05, 0) is 75.4 Å². The molecule has 0 heterocycles. The fourth-order valence-corrected chi connectivity index (χ4v) is 5.36. The largest absolute Gasteiger partial charge is 0.445 e. The Kier molecular flexibility index (Phi) is 9.19. The van der Waals surface area contributed by atoms with Gasteiger partial charge in [0.1, 0.15) is 12.6 Å². The lowest BCUT2D eigenvalue weighted by atomic mass is 9.74. The van der Waals surface area contributed by atoms with Crippen LogP contribution in [0.15, 0.2) is 84.9 Å². The zero-order valence-corrected chi connectivity index (χ0v) is 22.7. The highest BCUT2D eigenvalue weighted by Crippen LogP contribution is 2.36. The molecular formula is C32H39N3O3. The van der Waals surface area contributed by atoms with Gasteiger partial charge in [-0.25, -0.2) is 4.79 Å². The van der Waals surface area contributed by atoms with Gasteiger partial charge in [0, 0.05) is 11.6 Å². The van der Waals surface area contributed by atoms with Crippen LogP contribution in [0, 0.1) is 6.92 Å².